The van der Waals surface area contributed by atoms with Crippen LogP contribution in [-0.2, 0) is 0 Å². The van der Waals surface area contributed by atoms with Crippen molar-refractivity contribution in [2.75, 3.05) is 11.9 Å². The fourth-order valence-electron chi connectivity index (χ4n) is 1.42. The fourth-order valence-corrected chi connectivity index (χ4v) is 1.91. The second-order valence-corrected chi connectivity index (χ2v) is 5.24. The van der Waals surface area contributed by atoms with Crippen molar-refractivity contribution in [3.63, 3.8) is 0 Å². The van der Waals surface area contributed by atoms with E-state index in [0.29, 0.717) is 21.9 Å². The third-order valence-corrected chi connectivity index (χ3v) is 3.10. The number of hydrogen-bond acceptors (Lipinski definition) is 4. The normalized spacial score (nSPS) is 12.8. The van der Waals surface area contributed by atoms with Gasteiger partial charge in [0.15, 0.2) is 0 Å². The predicted octanol–water partition coefficient (Wildman–Crippen LogP) is 1.16. The number of nitrogens with zero attached hydrogens (tertiary/aromatic N) is 1. The number of aromatic amines is 1. The summed E-state index contributed by atoms with van der Waals surface area (Å²) in [7, 11) is 0. The number of halogens is 1. The lowest BCUT2D eigenvalue weighted by atomic mass is 10.0. The summed E-state index contributed by atoms with van der Waals surface area (Å²) in [6.45, 7) is 4.90. The van der Waals surface area contributed by atoms with E-state index in [0.717, 1.165) is 6.42 Å². The molecule has 0 fully saturated rings. The number of H-pyrrole nitrogens is 1. The van der Waals surface area contributed by atoms with E-state index in [2.05, 4.69) is 29.1 Å². The quantitative estimate of drug-likeness (QED) is 0.705. The smallest absolute Gasteiger partial charge is 0.266 e. The molecule has 5 nitrogen and oxygen atoms in total. The van der Waals surface area contributed by atoms with Gasteiger partial charge in [-0.05, 0) is 34.9 Å². The van der Waals surface area contributed by atoms with Gasteiger partial charge < -0.3 is 16.0 Å². The average Bonchev–Trinajstić information content (AvgIpc) is 2.19. The second-order valence-electron chi connectivity index (χ2n) is 4.16. The van der Waals surface area contributed by atoms with Gasteiger partial charge in [0.05, 0.1) is 6.33 Å². The Hall–Kier alpha value is -0.630. The molecule has 1 rings (SSSR count). The molecule has 0 aliphatic carbocycles. The van der Waals surface area contributed by atoms with E-state index < -0.39 is 0 Å². The van der Waals surface area contributed by atoms with Gasteiger partial charge in [-0.2, -0.15) is 0 Å². The Kier molecular flexibility index (Phi) is 5.20. The van der Waals surface area contributed by atoms with Crippen LogP contribution in [-0.4, -0.2) is 22.6 Å². The van der Waals surface area contributed by atoms with Crippen LogP contribution in [0.5, 0.6) is 0 Å². The van der Waals surface area contributed by atoms with Crippen LogP contribution in [0.25, 0.3) is 0 Å². The van der Waals surface area contributed by atoms with Gasteiger partial charge in [0.2, 0.25) is 0 Å². The topological polar surface area (TPSA) is 83.8 Å². The number of nitrogens with one attached hydrogen (secondary N) is 2. The van der Waals surface area contributed by atoms with Gasteiger partial charge >= 0.3 is 0 Å². The lowest BCUT2D eigenvalue weighted by molar-refractivity contribution is 0.508. The number of rotatable bonds is 5. The minimum absolute atomic E-state index is 0.0805. The molecule has 1 heterocycles. The standard InChI is InChI=1S/C10H17IN4O/c1-6(2)3-7(12)4-13-9-8(11)10(16)15-5-14-9/h5-7H,3-4,12H2,1-2H3,(H2,13,14,15,16). The summed E-state index contributed by atoms with van der Waals surface area (Å²) in [6, 6.07) is 0.0805. The van der Waals surface area contributed by atoms with Crippen molar-refractivity contribution in [2.45, 2.75) is 26.3 Å². The zero-order chi connectivity index (χ0) is 12.1. The number of hydrogen-bond donors (Lipinski definition) is 3. The van der Waals surface area contributed by atoms with Crippen LogP contribution >= 0.6 is 22.6 Å². The molecule has 0 aliphatic heterocycles. The van der Waals surface area contributed by atoms with Gasteiger partial charge in [-0.25, -0.2) is 4.98 Å². The molecule has 0 amide bonds. The van der Waals surface area contributed by atoms with Crippen LogP contribution in [0.1, 0.15) is 20.3 Å². The van der Waals surface area contributed by atoms with Crippen LogP contribution in [0.2, 0.25) is 0 Å². The van der Waals surface area contributed by atoms with Crippen LogP contribution in [0.3, 0.4) is 0 Å². The molecule has 0 saturated carbocycles. The van der Waals surface area contributed by atoms with Gasteiger partial charge in [-0.15, -0.1) is 0 Å². The minimum Gasteiger partial charge on any atom is -0.367 e. The van der Waals surface area contributed by atoms with Crippen LogP contribution < -0.4 is 16.6 Å². The van der Waals surface area contributed by atoms with E-state index in [9.17, 15) is 4.79 Å². The van der Waals surface area contributed by atoms with E-state index in [-0.39, 0.29) is 11.6 Å². The van der Waals surface area contributed by atoms with Crippen molar-refractivity contribution in [3.05, 3.63) is 20.3 Å². The first kappa shape index (κ1) is 13.4. The third-order valence-electron chi connectivity index (χ3n) is 2.10. The summed E-state index contributed by atoms with van der Waals surface area (Å²) in [4.78, 5) is 17.9. The van der Waals surface area contributed by atoms with E-state index in [1.165, 1.54) is 6.33 Å². The Morgan fingerprint density at radius 1 is 1.62 bits per heavy atom. The van der Waals surface area contributed by atoms with Crippen LogP contribution in [0.15, 0.2) is 11.1 Å². The molecule has 0 spiro atoms. The summed E-state index contributed by atoms with van der Waals surface area (Å²) in [5.74, 6) is 1.17. The van der Waals surface area contributed by atoms with Gasteiger partial charge in [0.1, 0.15) is 9.39 Å². The van der Waals surface area contributed by atoms with Gasteiger partial charge in [-0.1, -0.05) is 13.8 Å². The first-order chi connectivity index (χ1) is 7.50. The zero-order valence-electron chi connectivity index (χ0n) is 9.46. The highest BCUT2D eigenvalue weighted by atomic mass is 127. The lowest BCUT2D eigenvalue weighted by Crippen LogP contribution is -2.31. The molecule has 1 unspecified atom stereocenters. The Morgan fingerprint density at radius 3 is 2.94 bits per heavy atom. The highest BCUT2D eigenvalue weighted by molar-refractivity contribution is 14.1. The molecule has 0 radical (unpaired) electrons. The molecule has 6 heteroatoms. The van der Waals surface area contributed by atoms with E-state index in [4.69, 9.17) is 5.73 Å². The van der Waals surface area contributed by atoms with E-state index in [1.54, 1.807) is 0 Å². The lowest BCUT2D eigenvalue weighted by Gasteiger charge is -2.15. The molecule has 90 valence electrons. The highest BCUT2D eigenvalue weighted by Gasteiger charge is 2.08. The Morgan fingerprint density at radius 2 is 2.31 bits per heavy atom. The van der Waals surface area contributed by atoms with Crippen molar-refractivity contribution in [2.24, 2.45) is 11.7 Å². The Bertz CT molecular complexity index is 391. The Labute approximate surface area is 108 Å². The molecular formula is C10H17IN4O. The van der Waals surface area contributed by atoms with Crippen molar-refractivity contribution >= 4 is 28.4 Å². The van der Waals surface area contributed by atoms with E-state index in [1.807, 2.05) is 22.6 Å². The third kappa shape index (κ3) is 4.09. The summed E-state index contributed by atoms with van der Waals surface area (Å²) in [6.07, 6.45) is 2.34. The first-order valence-corrected chi connectivity index (χ1v) is 6.31. The molecule has 0 aliphatic rings. The van der Waals surface area contributed by atoms with E-state index >= 15 is 0 Å². The Balaban J connectivity index is 2.55. The number of aromatic nitrogens is 2. The van der Waals surface area contributed by atoms with Crippen LogP contribution in [0, 0.1) is 9.49 Å². The molecule has 0 saturated heterocycles. The van der Waals surface area contributed by atoms with Crippen molar-refractivity contribution in [3.8, 4) is 0 Å². The predicted molar refractivity (Wildman–Crippen MR) is 73.5 cm³/mol. The SMILES string of the molecule is CC(C)CC(N)CNc1nc[nH]c(=O)c1I. The summed E-state index contributed by atoms with van der Waals surface area (Å²) in [5, 5.41) is 3.10. The molecule has 1 aromatic rings. The minimum atomic E-state index is -0.129. The van der Waals surface area contributed by atoms with Crippen molar-refractivity contribution < 1.29 is 0 Å². The van der Waals surface area contributed by atoms with Crippen molar-refractivity contribution in [1.29, 1.82) is 0 Å². The molecule has 0 bridgehead atoms. The molecule has 4 N–H and O–H groups in total. The average molecular weight is 336 g/mol. The first-order valence-electron chi connectivity index (χ1n) is 5.23. The number of anilines is 1. The van der Waals surface area contributed by atoms with Gasteiger partial charge in [-0.3, -0.25) is 4.79 Å². The summed E-state index contributed by atoms with van der Waals surface area (Å²) < 4.78 is 0.567. The fraction of sp³-hybridized carbons (Fsp3) is 0.600. The molecule has 1 aromatic heterocycles. The summed E-state index contributed by atoms with van der Waals surface area (Å²) in [5.41, 5.74) is 5.80. The zero-order valence-corrected chi connectivity index (χ0v) is 11.6. The second kappa shape index (κ2) is 6.19. The molecule has 16 heavy (non-hydrogen) atoms. The monoisotopic (exact) mass is 336 g/mol. The van der Waals surface area contributed by atoms with Gasteiger partial charge in [0.25, 0.3) is 5.56 Å². The maximum absolute atomic E-state index is 11.3. The highest BCUT2D eigenvalue weighted by Crippen LogP contribution is 2.09. The van der Waals surface area contributed by atoms with Crippen molar-refractivity contribution in [1.82, 2.24) is 9.97 Å². The molecular weight excluding hydrogens is 319 g/mol. The molecule has 0 aromatic carbocycles. The summed E-state index contributed by atoms with van der Waals surface area (Å²) >= 11 is 1.97. The van der Waals surface area contributed by atoms with Gasteiger partial charge in [0, 0.05) is 12.6 Å². The van der Waals surface area contributed by atoms with Crippen LogP contribution in [0.4, 0.5) is 5.82 Å². The largest absolute Gasteiger partial charge is 0.367 e. The molecule has 1 atom stereocenters. The maximum Gasteiger partial charge on any atom is 0.266 e. The maximum atomic E-state index is 11.3. The number of nitrogens with two attached hydrogens (primary N) is 1.